The lowest BCUT2D eigenvalue weighted by Crippen LogP contribution is -2.40. The third kappa shape index (κ3) is 3.03. The molecule has 0 spiro atoms. The molecule has 2 heterocycles. The van der Waals surface area contributed by atoms with E-state index < -0.39 is 5.41 Å². The molecule has 27 heavy (non-hydrogen) atoms. The van der Waals surface area contributed by atoms with Gasteiger partial charge in [0.1, 0.15) is 0 Å². The molecule has 0 aliphatic carbocycles. The third-order valence-electron chi connectivity index (χ3n) is 4.99. The van der Waals surface area contributed by atoms with Crippen molar-refractivity contribution in [3.05, 3.63) is 87.6 Å². The summed E-state index contributed by atoms with van der Waals surface area (Å²) in [5, 5.41) is 18.6. The van der Waals surface area contributed by atoms with Crippen molar-refractivity contribution in [2.75, 3.05) is 11.9 Å². The number of nitrogens with one attached hydrogen (secondary N) is 2. The van der Waals surface area contributed by atoms with Gasteiger partial charge in [0.05, 0.1) is 11.8 Å². The first kappa shape index (κ1) is 17.5. The first-order valence-electron chi connectivity index (χ1n) is 8.89. The predicted molar refractivity (Wildman–Crippen MR) is 108 cm³/mol. The first-order chi connectivity index (χ1) is 13.3. The Morgan fingerprint density at radius 2 is 1.70 bits per heavy atom. The van der Waals surface area contributed by atoms with Crippen LogP contribution in [0, 0.1) is 11.3 Å². The molecule has 0 fully saturated rings. The lowest BCUT2D eigenvalue weighted by atomic mass is 9.75. The number of thiophene rings is 1. The van der Waals surface area contributed by atoms with Crippen molar-refractivity contribution >= 4 is 22.9 Å². The third-order valence-corrected chi connectivity index (χ3v) is 6.02. The molecule has 0 bridgehead atoms. The maximum Gasteiger partial charge on any atom is 0.254 e. The van der Waals surface area contributed by atoms with Crippen molar-refractivity contribution in [3.63, 3.8) is 0 Å². The van der Waals surface area contributed by atoms with Crippen molar-refractivity contribution in [3.8, 4) is 6.07 Å². The Bertz CT molecular complexity index is 950. The van der Waals surface area contributed by atoms with Crippen LogP contribution < -0.4 is 10.6 Å². The van der Waals surface area contributed by atoms with Gasteiger partial charge in [0.25, 0.3) is 5.91 Å². The van der Waals surface area contributed by atoms with E-state index in [9.17, 15) is 10.1 Å². The summed E-state index contributed by atoms with van der Waals surface area (Å²) >= 11 is 1.64. The van der Waals surface area contributed by atoms with E-state index in [0.717, 1.165) is 25.2 Å². The van der Waals surface area contributed by atoms with Gasteiger partial charge >= 0.3 is 0 Å². The molecule has 0 unspecified atom stereocenters. The Balaban J connectivity index is 1.78. The molecular weight excluding hydrogens is 354 g/mol. The maximum atomic E-state index is 13.5. The summed E-state index contributed by atoms with van der Waals surface area (Å²) in [7, 11) is 0. The molecule has 3 aromatic rings. The highest BCUT2D eigenvalue weighted by molar-refractivity contribution is 7.10. The second-order valence-corrected chi connectivity index (χ2v) is 7.49. The van der Waals surface area contributed by atoms with E-state index in [1.54, 1.807) is 11.3 Å². The molecule has 0 saturated carbocycles. The molecule has 0 saturated heterocycles. The number of hydrogen-bond acceptors (Lipinski definition) is 4. The summed E-state index contributed by atoms with van der Waals surface area (Å²) in [4.78, 5) is 14.8. The van der Waals surface area contributed by atoms with Gasteiger partial charge in [-0.15, -0.1) is 11.3 Å². The lowest BCUT2D eigenvalue weighted by Gasteiger charge is -2.27. The Morgan fingerprint density at radius 3 is 2.30 bits per heavy atom. The molecule has 1 aromatic heterocycles. The normalized spacial score (nSPS) is 13.4. The minimum absolute atomic E-state index is 0.318. The van der Waals surface area contributed by atoms with Crippen LogP contribution in [0.1, 0.15) is 21.6 Å². The highest BCUT2D eigenvalue weighted by Crippen LogP contribution is 2.36. The van der Waals surface area contributed by atoms with E-state index >= 15 is 0 Å². The summed E-state index contributed by atoms with van der Waals surface area (Å²) in [5.41, 5.74) is 1.95. The second-order valence-electron chi connectivity index (χ2n) is 6.53. The summed E-state index contributed by atoms with van der Waals surface area (Å²) in [5.74, 6) is -0.318. The molecule has 4 rings (SSSR count). The molecular formula is C22H19N3OS. The molecule has 1 aliphatic rings. The largest absolute Gasteiger partial charge is 0.323 e. The molecule has 0 radical (unpaired) electrons. The van der Waals surface area contributed by atoms with E-state index in [1.165, 1.54) is 10.4 Å². The number of hydrogen-bond donors (Lipinski definition) is 2. The summed E-state index contributed by atoms with van der Waals surface area (Å²) < 4.78 is 0. The lowest BCUT2D eigenvalue weighted by molar-refractivity contribution is -0.118. The number of nitriles is 1. The van der Waals surface area contributed by atoms with Crippen LogP contribution in [0.15, 0.2) is 66.0 Å². The fourth-order valence-corrected chi connectivity index (χ4v) is 4.57. The van der Waals surface area contributed by atoms with Crippen molar-refractivity contribution in [1.29, 1.82) is 5.26 Å². The van der Waals surface area contributed by atoms with Crippen molar-refractivity contribution in [1.82, 2.24) is 5.32 Å². The number of carbonyl (C=O) groups is 1. The van der Waals surface area contributed by atoms with Crippen LogP contribution in [-0.4, -0.2) is 12.5 Å². The van der Waals surface area contributed by atoms with E-state index in [1.807, 2.05) is 66.0 Å². The summed E-state index contributed by atoms with van der Waals surface area (Å²) in [6.45, 7) is 1.73. The zero-order chi connectivity index (χ0) is 18.7. The van der Waals surface area contributed by atoms with Crippen LogP contribution in [0.5, 0.6) is 0 Å². The van der Waals surface area contributed by atoms with E-state index in [-0.39, 0.29) is 5.91 Å². The van der Waals surface area contributed by atoms with Gasteiger partial charge in [-0.2, -0.15) is 5.26 Å². The minimum Gasteiger partial charge on any atom is -0.323 e. The fourth-order valence-electron chi connectivity index (χ4n) is 3.57. The quantitative estimate of drug-likeness (QED) is 0.730. The monoisotopic (exact) mass is 373 g/mol. The van der Waals surface area contributed by atoms with Gasteiger partial charge in [0.15, 0.2) is 5.41 Å². The number of fused-ring (bicyclic) bond motifs is 1. The second kappa shape index (κ2) is 7.36. The Hall–Kier alpha value is -2.94. The van der Waals surface area contributed by atoms with Crippen molar-refractivity contribution in [2.24, 2.45) is 0 Å². The van der Waals surface area contributed by atoms with Crippen molar-refractivity contribution in [2.45, 2.75) is 18.4 Å². The average molecular weight is 373 g/mol. The Kier molecular flexibility index (Phi) is 4.76. The fraction of sp³-hybridized carbons (Fsp3) is 0.182. The standard InChI is InChI=1S/C22H19N3OS/c23-15-22(16-7-3-1-4-8-16,17-9-5-2-6-10-17)21(26)25-19-14-27-20-13-24-12-11-18(19)20/h1-10,14,24H,11-13H2,(H,25,26). The topological polar surface area (TPSA) is 64.9 Å². The highest BCUT2D eigenvalue weighted by Gasteiger charge is 2.43. The number of amides is 1. The molecule has 134 valence electrons. The number of rotatable bonds is 4. The first-order valence-corrected chi connectivity index (χ1v) is 9.77. The summed E-state index contributed by atoms with van der Waals surface area (Å²) in [6.07, 6.45) is 0.880. The maximum absolute atomic E-state index is 13.5. The molecule has 2 aromatic carbocycles. The van der Waals surface area contributed by atoms with Crippen LogP contribution in [-0.2, 0) is 23.2 Å². The molecule has 5 heteroatoms. The highest BCUT2D eigenvalue weighted by atomic mass is 32.1. The van der Waals surface area contributed by atoms with Gasteiger partial charge in [-0.25, -0.2) is 0 Å². The van der Waals surface area contributed by atoms with E-state index in [2.05, 4.69) is 16.7 Å². The molecule has 0 atom stereocenters. The van der Waals surface area contributed by atoms with Crippen LogP contribution in [0.2, 0.25) is 0 Å². The van der Waals surface area contributed by atoms with Crippen LogP contribution >= 0.6 is 11.3 Å². The SMILES string of the molecule is N#CC(C(=O)Nc1csc2c1CCNC2)(c1ccccc1)c1ccccc1. The van der Waals surface area contributed by atoms with E-state index in [4.69, 9.17) is 0 Å². The molecule has 2 N–H and O–H groups in total. The van der Waals surface area contributed by atoms with Gasteiger partial charge < -0.3 is 10.6 Å². The Labute approximate surface area is 162 Å². The zero-order valence-electron chi connectivity index (χ0n) is 14.7. The Morgan fingerprint density at radius 1 is 1.07 bits per heavy atom. The van der Waals surface area contributed by atoms with Crippen LogP contribution in [0.25, 0.3) is 0 Å². The number of carbonyl (C=O) groups excluding carboxylic acids is 1. The molecule has 4 nitrogen and oxygen atoms in total. The number of nitrogens with zero attached hydrogens (tertiary/aromatic N) is 1. The smallest absolute Gasteiger partial charge is 0.254 e. The predicted octanol–water partition coefficient (Wildman–Crippen LogP) is 3.84. The van der Waals surface area contributed by atoms with Gasteiger partial charge in [-0.05, 0) is 29.7 Å². The van der Waals surface area contributed by atoms with Crippen LogP contribution in [0.3, 0.4) is 0 Å². The van der Waals surface area contributed by atoms with Crippen LogP contribution in [0.4, 0.5) is 5.69 Å². The zero-order valence-corrected chi connectivity index (χ0v) is 15.6. The van der Waals surface area contributed by atoms with E-state index in [0.29, 0.717) is 11.1 Å². The van der Waals surface area contributed by atoms with Gasteiger partial charge in [-0.1, -0.05) is 60.7 Å². The number of benzene rings is 2. The average Bonchev–Trinajstić information content (AvgIpc) is 3.14. The molecule has 1 amide bonds. The van der Waals surface area contributed by atoms with Gasteiger partial charge in [0.2, 0.25) is 0 Å². The minimum atomic E-state index is -1.40. The molecule has 1 aliphatic heterocycles. The van der Waals surface area contributed by atoms with Crippen molar-refractivity contribution < 1.29 is 4.79 Å². The summed E-state index contributed by atoms with van der Waals surface area (Å²) in [6, 6.07) is 20.9. The number of anilines is 1. The van der Waals surface area contributed by atoms with Gasteiger partial charge in [0, 0.05) is 16.8 Å². The van der Waals surface area contributed by atoms with Gasteiger partial charge in [-0.3, -0.25) is 4.79 Å².